The lowest BCUT2D eigenvalue weighted by atomic mass is 9.78. The van der Waals surface area contributed by atoms with Gasteiger partial charge in [0, 0.05) is 30.3 Å². The number of benzene rings is 2. The third-order valence-corrected chi connectivity index (χ3v) is 6.24. The highest BCUT2D eigenvalue weighted by Crippen LogP contribution is 2.33. The van der Waals surface area contributed by atoms with Crippen LogP contribution in [0.25, 0.3) is 0 Å². The number of hydrogen-bond donors (Lipinski definition) is 3. The molecule has 0 unspecified atom stereocenters. The maximum atomic E-state index is 13.3. The fourth-order valence-electron chi connectivity index (χ4n) is 3.74. The SMILES string of the molecule is N#Cc1ccc(NC(=O)OCC2(C(=O)NCc3ccccc3Cl)CCN(C(=O)CN)CC2)cc1. The first kappa shape index (κ1) is 25.0. The van der Waals surface area contributed by atoms with Crippen LogP contribution in [0.2, 0.25) is 5.02 Å². The number of carbonyl (C=O) groups excluding carboxylic acids is 3. The Morgan fingerprint density at radius 1 is 1.12 bits per heavy atom. The summed E-state index contributed by atoms with van der Waals surface area (Å²) in [7, 11) is 0. The molecule has 0 saturated carbocycles. The number of hydrogen-bond acceptors (Lipinski definition) is 6. The minimum atomic E-state index is -1.01. The minimum Gasteiger partial charge on any atom is -0.448 e. The molecular formula is C24H26ClN5O4. The second-order valence-electron chi connectivity index (χ2n) is 8.03. The molecule has 1 saturated heterocycles. The van der Waals surface area contributed by atoms with Gasteiger partial charge >= 0.3 is 6.09 Å². The van der Waals surface area contributed by atoms with Crippen molar-refractivity contribution in [3.8, 4) is 6.07 Å². The highest BCUT2D eigenvalue weighted by Gasteiger charge is 2.43. The molecule has 2 aromatic carbocycles. The Hall–Kier alpha value is -3.61. The molecule has 0 atom stereocenters. The summed E-state index contributed by atoms with van der Waals surface area (Å²) in [5.41, 5.74) is 6.16. The van der Waals surface area contributed by atoms with Gasteiger partial charge < -0.3 is 20.7 Å². The molecule has 0 aliphatic carbocycles. The number of nitrogens with one attached hydrogen (secondary N) is 2. The molecule has 10 heteroatoms. The molecule has 1 aliphatic rings. The number of nitriles is 1. The first-order valence-electron chi connectivity index (χ1n) is 10.8. The quantitative estimate of drug-likeness (QED) is 0.553. The Balaban J connectivity index is 1.66. The van der Waals surface area contributed by atoms with Crippen LogP contribution in [0.3, 0.4) is 0 Å². The van der Waals surface area contributed by atoms with Crippen molar-refractivity contribution < 1.29 is 19.1 Å². The summed E-state index contributed by atoms with van der Waals surface area (Å²) in [6.45, 7) is 0.624. The Morgan fingerprint density at radius 3 is 2.41 bits per heavy atom. The number of piperidine rings is 1. The lowest BCUT2D eigenvalue weighted by Gasteiger charge is -2.40. The lowest BCUT2D eigenvalue weighted by Crippen LogP contribution is -2.53. The van der Waals surface area contributed by atoms with Gasteiger partial charge in [-0.3, -0.25) is 14.9 Å². The third-order valence-electron chi connectivity index (χ3n) is 5.87. The van der Waals surface area contributed by atoms with Gasteiger partial charge in [-0.2, -0.15) is 5.26 Å². The van der Waals surface area contributed by atoms with Crippen LogP contribution in [-0.2, 0) is 20.9 Å². The number of nitrogens with two attached hydrogens (primary N) is 1. The molecule has 1 heterocycles. The zero-order chi connectivity index (χ0) is 24.6. The monoisotopic (exact) mass is 483 g/mol. The van der Waals surface area contributed by atoms with E-state index in [2.05, 4.69) is 10.6 Å². The average Bonchev–Trinajstić information content (AvgIpc) is 2.87. The van der Waals surface area contributed by atoms with Crippen LogP contribution >= 0.6 is 11.6 Å². The van der Waals surface area contributed by atoms with E-state index in [1.807, 2.05) is 18.2 Å². The number of amides is 3. The summed E-state index contributed by atoms with van der Waals surface area (Å²) >= 11 is 6.19. The second kappa shape index (κ2) is 11.5. The van der Waals surface area contributed by atoms with Crippen molar-refractivity contribution in [1.82, 2.24) is 10.2 Å². The summed E-state index contributed by atoms with van der Waals surface area (Å²) in [5, 5.41) is 14.9. The fraction of sp³-hybridized carbons (Fsp3) is 0.333. The molecule has 0 spiro atoms. The predicted octanol–water partition coefficient (Wildman–Crippen LogP) is 2.64. The number of halogens is 1. The van der Waals surface area contributed by atoms with Gasteiger partial charge in [-0.25, -0.2) is 4.79 Å². The molecule has 3 amide bonds. The fourth-order valence-corrected chi connectivity index (χ4v) is 3.94. The van der Waals surface area contributed by atoms with E-state index in [4.69, 9.17) is 27.3 Å². The van der Waals surface area contributed by atoms with Crippen LogP contribution in [0.1, 0.15) is 24.0 Å². The van der Waals surface area contributed by atoms with Crippen molar-refractivity contribution in [2.45, 2.75) is 19.4 Å². The minimum absolute atomic E-state index is 0.102. The molecule has 34 heavy (non-hydrogen) atoms. The van der Waals surface area contributed by atoms with E-state index in [-0.39, 0.29) is 31.5 Å². The highest BCUT2D eigenvalue weighted by atomic mass is 35.5. The van der Waals surface area contributed by atoms with Crippen LogP contribution in [0.4, 0.5) is 10.5 Å². The van der Waals surface area contributed by atoms with Crippen molar-refractivity contribution in [2.24, 2.45) is 11.1 Å². The maximum absolute atomic E-state index is 13.3. The first-order chi connectivity index (χ1) is 16.4. The van der Waals surface area contributed by atoms with E-state index >= 15 is 0 Å². The number of anilines is 1. The summed E-state index contributed by atoms with van der Waals surface area (Å²) in [6, 6.07) is 15.5. The Morgan fingerprint density at radius 2 is 1.79 bits per heavy atom. The molecule has 1 fully saturated rings. The van der Waals surface area contributed by atoms with Crippen molar-refractivity contribution in [2.75, 3.05) is 31.6 Å². The van der Waals surface area contributed by atoms with Gasteiger partial charge in [0.1, 0.15) is 6.61 Å². The molecule has 2 aromatic rings. The zero-order valence-electron chi connectivity index (χ0n) is 18.6. The first-order valence-corrected chi connectivity index (χ1v) is 11.2. The summed E-state index contributed by atoms with van der Waals surface area (Å²) < 4.78 is 5.43. The molecule has 4 N–H and O–H groups in total. The van der Waals surface area contributed by atoms with Crippen LogP contribution < -0.4 is 16.4 Å². The van der Waals surface area contributed by atoms with Gasteiger partial charge in [0.25, 0.3) is 0 Å². The van der Waals surface area contributed by atoms with Crippen LogP contribution in [0.5, 0.6) is 0 Å². The van der Waals surface area contributed by atoms with Crippen LogP contribution in [0, 0.1) is 16.7 Å². The van der Waals surface area contributed by atoms with Gasteiger partial charge in [0.2, 0.25) is 11.8 Å². The molecule has 178 valence electrons. The largest absolute Gasteiger partial charge is 0.448 e. The van der Waals surface area contributed by atoms with Gasteiger partial charge in [-0.15, -0.1) is 0 Å². The summed E-state index contributed by atoms with van der Waals surface area (Å²) in [6.07, 6.45) is -0.0856. The van der Waals surface area contributed by atoms with E-state index in [1.165, 1.54) is 0 Å². The van der Waals surface area contributed by atoms with Gasteiger partial charge in [0.05, 0.1) is 23.6 Å². The molecule has 9 nitrogen and oxygen atoms in total. The van der Waals surface area contributed by atoms with Crippen molar-refractivity contribution in [3.05, 3.63) is 64.7 Å². The summed E-state index contributed by atoms with van der Waals surface area (Å²) in [4.78, 5) is 39.2. The van der Waals surface area contributed by atoms with Crippen molar-refractivity contribution in [3.63, 3.8) is 0 Å². The molecule has 1 aliphatic heterocycles. The second-order valence-corrected chi connectivity index (χ2v) is 8.44. The van der Waals surface area contributed by atoms with E-state index in [0.29, 0.717) is 42.2 Å². The molecule has 0 aromatic heterocycles. The molecule has 3 rings (SSSR count). The van der Waals surface area contributed by atoms with Crippen LogP contribution in [-0.4, -0.2) is 49.0 Å². The number of carbonyl (C=O) groups is 3. The van der Waals surface area contributed by atoms with E-state index in [9.17, 15) is 14.4 Å². The highest BCUT2D eigenvalue weighted by molar-refractivity contribution is 6.31. The Labute approximate surface area is 202 Å². The van der Waals surface area contributed by atoms with E-state index in [0.717, 1.165) is 5.56 Å². The van der Waals surface area contributed by atoms with Gasteiger partial charge in [0.15, 0.2) is 0 Å². The van der Waals surface area contributed by atoms with Gasteiger partial charge in [-0.1, -0.05) is 29.8 Å². The van der Waals surface area contributed by atoms with Crippen molar-refractivity contribution >= 4 is 35.2 Å². The molecular weight excluding hydrogens is 458 g/mol. The number of likely N-dealkylation sites (tertiary alicyclic amines) is 1. The van der Waals surface area contributed by atoms with E-state index in [1.54, 1.807) is 41.3 Å². The smallest absolute Gasteiger partial charge is 0.411 e. The predicted molar refractivity (Wildman–Crippen MR) is 127 cm³/mol. The normalized spacial score (nSPS) is 14.6. The van der Waals surface area contributed by atoms with Gasteiger partial charge in [-0.05, 0) is 48.7 Å². The number of rotatable bonds is 7. The lowest BCUT2D eigenvalue weighted by molar-refractivity contribution is -0.142. The topological polar surface area (TPSA) is 138 Å². The molecule has 0 bridgehead atoms. The Bertz CT molecular complexity index is 1080. The Kier molecular flexibility index (Phi) is 8.46. The van der Waals surface area contributed by atoms with Crippen molar-refractivity contribution in [1.29, 1.82) is 5.26 Å². The average molecular weight is 484 g/mol. The van der Waals surface area contributed by atoms with Crippen LogP contribution in [0.15, 0.2) is 48.5 Å². The number of ether oxygens (including phenoxy) is 1. The number of nitrogens with zero attached hydrogens (tertiary/aromatic N) is 2. The zero-order valence-corrected chi connectivity index (χ0v) is 19.3. The third kappa shape index (κ3) is 6.25. The van der Waals surface area contributed by atoms with E-state index < -0.39 is 11.5 Å². The standard InChI is InChI=1S/C24H26ClN5O4/c25-20-4-2-1-3-18(20)15-28-22(32)24(9-11-30(12-10-24)21(31)14-27)16-34-23(33)29-19-7-5-17(13-26)6-8-19/h1-8H,9-12,14-16,27H2,(H,28,32)(H,29,33). The maximum Gasteiger partial charge on any atom is 0.411 e. The molecule has 0 radical (unpaired) electrons. The summed E-state index contributed by atoms with van der Waals surface area (Å²) in [5.74, 6) is -0.469.